The van der Waals surface area contributed by atoms with Crippen LogP contribution in [-0.4, -0.2) is 16.7 Å². The second-order valence-corrected chi connectivity index (χ2v) is 5.22. The van der Waals surface area contributed by atoms with Crippen LogP contribution in [0.5, 0.6) is 0 Å². The zero-order valence-electron chi connectivity index (χ0n) is 12.2. The third kappa shape index (κ3) is 3.13. The van der Waals surface area contributed by atoms with Crippen LogP contribution in [-0.2, 0) is 10.2 Å². The highest BCUT2D eigenvalue weighted by atomic mass is 19.1. The minimum absolute atomic E-state index is 0. The number of anilines is 1. The SMILES string of the molecule is NC(/C=C\Nc1ncco1)=NC(=O)C1(c2ccccc2F)CC1.[HH]. The zero-order chi connectivity index (χ0) is 16.3. The summed E-state index contributed by atoms with van der Waals surface area (Å²) in [5.74, 6) is -0.800. The van der Waals surface area contributed by atoms with Gasteiger partial charge in [-0.15, -0.1) is 0 Å². The first-order chi connectivity index (χ1) is 11.1. The maximum atomic E-state index is 13.9. The van der Waals surface area contributed by atoms with Crippen molar-refractivity contribution in [2.75, 3.05) is 5.32 Å². The Bertz CT molecular complexity index is 770. The number of rotatable bonds is 5. The Kier molecular flexibility index (Phi) is 3.92. The molecule has 1 aromatic carbocycles. The first-order valence-electron chi connectivity index (χ1n) is 7.08. The van der Waals surface area contributed by atoms with E-state index in [-0.39, 0.29) is 7.26 Å². The molecule has 3 N–H and O–H groups in total. The molecule has 1 aromatic heterocycles. The molecule has 1 saturated carbocycles. The lowest BCUT2D eigenvalue weighted by Crippen LogP contribution is -2.23. The van der Waals surface area contributed by atoms with E-state index in [2.05, 4.69) is 15.3 Å². The van der Waals surface area contributed by atoms with E-state index < -0.39 is 17.1 Å². The average Bonchev–Trinajstić information content (AvgIpc) is 3.18. The van der Waals surface area contributed by atoms with Gasteiger partial charge in [-0.1, -0.05) is 18.2 Å². The summed E-state index contributed by atoms with van der Waals surface area (Å²) in [7, 11) is 0. The molecule has 1 fully saturated rings. The number of aliphatic imine (C=N–C) groups is 1. The van der Waals surface area contributed by atoms with Gasteiger partial charge in [0, 0.05) is 13.2 Å². The molecule has 0 aliphatic heterocycles. The van der Waals surface area contributed by atoms with Crippen molar-refractivity contribution >= 4 is 17.8 Å². The lowest BCUT2D eigenvalue weighted by atomic mass is 9.94. The van der Waals surface area contributed by atoms with Crippen LogP contribution in [0.4, 0.5) is 10.4 Å². The van der Waals surface area contributed by atoms with Crippen LogP contribution in [0.1, 0.15) is 19.8 Å². The quantitative estimate of drug-likeness (QED) is 0.653. The van der Waals surface area contributed by atoms with E-state index in [4.69, 9.17) is 10.2 Å². The number of halogens is 1. The largest absolute Gasteiger partial charge is 0.432 e. The highest BCUT2D eigenvalue weighted by Crippen LogP contribution is 2.50. The van der Waals surface area contributed by atoms with E-state index in [1.165, 1.54) is 30.8 Å². The van der Waals surface area contributed by atoms with Gasteiger partial charge in [0.2, 0.25) is 0 Å². The van der Waals surface area contributed by atoms with Crippen molar-refractivity contribution in [1.82, 2.24) is 4.98 Å². The van der Waals surface area contributed by atoms with Gasteiger partial charge in [-0.25, -0.2) is 9.37 Å². The summed E-state index contributed by atoms with van der Waals surface area (Å²) in [6, 6.07) is 6.56. The van der Waals surface area contributed by atoms with Crippen LogP contribution >= 0.6 is 0 Å². The number of nitrogens with one attached hydrogen (secondary N) is 1. The van der Waals surface area contributed by atoms with Crippen LogP contribution in [0.2, 0.25) is 0 Å². The number of hydrogen-bond acceptors (Lipinski definition) is 4. The van der Waals surface area contributed by atoms with Crippen LogP contribution in [0, 0.1) is 5.82 Å². The number of hydrogen-bond donors (Lipinski definition) is 2. The molecule has 6 nitrogen and oxygen atoms in total. The van der Waals surface area contributed by atoms with Crippen molar-refractivity contribution in [1.29, 1.82) is 0 Å². The van der Waals surface area contributed by atoms with Gasteiger partial charge in [0.15, 0.2) is 0 Å². The molecule has 0 spiro atoms. The summed E-state index contributed by atoms with van der Waals surface area (Å²) in [4.78, 5) is 20.1. The van der Waals surface area contributed by atoms with Gasteiger partial charge >= 0.3 is 0 Å². The summed E-state index contributed by atoms with van der Waals surface area (Å²) in [6.45, 7) is 0. The Hall–Kier alpha value is -2.96. The van der Waals surface area contributed by atoms with E-state index >= 15 is 0 Å². The Morgan fingerprint density at radius 3 is 2.91 bits per heavy atom. The number of nitrogens with two attached hydrogens (primary N) is 1. The minimum atomic E-state index is -0.875. The third-order valence-corrected chi connectivity index (χ3v) is 3.67. The fourth-order valence-electron chi connectivity index (χ4n) is 2.33. The van der Waals surface area contributed by atoms with Crippen molar-refractivity contribution in [3.8, 4) is 0 Å². The molecule has 0 bridgehead atoms. The molecule has 7 heteroatoms. The molecule has 1 aliphatic rings. The molecular formula is C16H17FN4O2. The second kappa shape index (κ2) is 6.04. The van der Waals surface area contributed by atoms with Crippen LogP contribution in [0.25, 0.3) is 0 Å². The number of carbonyl (C=O) groups is 1. The van der Waals surface area contributed by atoms with Gasteiger partial charge in [-0.2, -0.15) is 4.99 Å². The first-order valence-corrected chi connectivity index (χ1v) is 7.08. The molecule has 0 radical (unpaired) electrons. The summed E-state index contributed by atoms with van der Waals surface area (Å²) in [5.41, 5.74) is 5.22. The van der Waals surface area contributed by atoms with Gasteiger partial charge in [0.05, 0.1) is 11.6 Å². The number of aromatic nitrogens is 1. The maximum absolute atomic E-state index is 13.9. The van der Waals surface area contributed by atoms with Gasteiger partial charge in [0.1, 0.15) is 17.9 Å². The van der Waals surface area contributed by atoms with Crippen molar-refractivity contribution in [2.45, 2.75) is 18.3 Å². The van der Waals surface area contributed by atoms with Gasteiger partial charge < -0.3 is 15.5 Å². The lowest BCUT2D eigenvalue weighted by molar-refractivity contribution is -0.120. The smallest absolute Gasteiger partial charge is 0.298 e. The van der Waals surface area contributed by atoms with Crippen molar-refractivity contribution in [3.05, 3.63) is 60.4 Å². The van der Waals surface area contributed by atoms with Gasteiger partial charge in [-0.05, 0) is 25.0 Å². The number of amidine groups is 1. The van der Waals surface area contributed by atoms with Crippen molar-refractivity contribution in [3.63, 3.8) is 0 Å². The molecule has 0 atom stereocenters. The molecule has 0 unspecified atom stereocenters. The molecule has 120 valence electrons. The monoisotopic (exact) mass is 316 g/mol. The van der Waals surface area contributed by atoms with Crippen LogP contribution in [0.15, 0.2) is 58.4 Å². The molecular weight excluding hydrogens is 299 g/mol. The molecule has 1 amide bonds. The maximum Gasteiger partial charge on any atom is 0.298 e. The number of nitrogens with zero attached hydrogens (tertiary/aromatic N) is 2. The number of amides is 1. The zero-order valence-corrected chi connectivity index (χ0v) is 12.2. The van der Waals surface area contributed by atoms with E-state index in [0.717, 1.165) is 0 Å². The summed E-state index contributed by atoms with van der Waals surface area (Å²) in [5, 5.41) is 2.73. The molecule has 1 aliphatic carbocycles. The number of carbonyl (C=O) groups excluding carboxylic acids is 1. The predicted molar refractivity (Wildman–Crippen MR) is 85.3 cm³/mol. The highest BCUT2D eigenvalue weighted by molar-refractivity contribution is 6.04. The Labute approximate surface area is 133 Å². The normalized spacial score (nSPS) is 16.5. The predicted octanol–water partition coefficient (Wildman–Crippen LogP) is 2.60. The van der Waals surface area contributed by atoms with Crippen molar-refractivity contribution in [2.24, 2.45) is 10.7 Å². The average molecular weight is 316 g/mol. The number of benzene rings is 1. The fraction of sp³-hybridized carbons (Fsp3) is 0.188. The Morgan fingerprint density at radius 2 is 2.26 bits per heavy atom. The van der Waals surface area contributed by atoms with E-state index in [9.17, 15) is 9.18 Å². The van der Waals surface area contributed by atoms with E-state index in [1.54, 1.807) is 18.2 Å². The van der Waals surface area contributed by atoms with Crippen LogP contribution < -0.4 is 11.1 Å². The van der Waals surface area contributed by atoms with Gasteiger partial charge in [0.25, 0.3) is 11.9 Å². The minimum Gasteiger partial charge on any atom is -0.432 e. The van der Waals surface area contributed by atoms with E-state index in [1.807, 2.05) is 0 Å². The Morgan fingerprint density at radius 1 is 1.48 bits per heavy atom. The molecule has 0 saturated heterocycles. The van der Waals surface area contributed by atoms with Crippen molar-refractivity contribution < 1.29 is 15.0 Å². The summed E-state index contributed by atoms with van der Waals surface area (Å²) >= 11 is 0. The molecule has 23 heavy (non-hydrogen) atoms. The highest BCUT2D eigenvalue weighted by Gasteiger charge is 2.52. The molecule has 1 heterocycles. The van der Waals surface area contributed by atoms with Crippen LogP contribution in [0.3, 0.4) is 0 Å². The summed E-state index contributed by atoms with van der Waals surface area (Å²) < 4.78 is 18.9. The lowest BCUT2D eigenvalue weighted by Gasteiger charge is -2.12. The fourth-order valence-corrected chi connectivity index (χ4v) is 2.33. The first kappa shape index (κ1) is 15.0. The third-order valence-electron chi connectivity index (χ3n) is 3.67. The second-order valence-electron chi connectivity index (χ2n) is 5.22. The number of oxazole rings is 1. The summed E-state index contributed by atoms with van der Waals surface area (Å²) in [6.07, 6.45) is 6.93. The molecule has 2 aromatic rings. The standard InChI is InChI=1S/C16H15FN4O2.H2/c17-12-4-2-1-3-11(12)16(6-7-16)14(22)21-13(18)5-8-19-15-20-9-10-23-15;/h1-5,8-10H,6-7H2,(H,19,20)(H2,18,21,22);1H/b8-5-;. The Balaban J connectivity index is 0.00000208. The topological polar surface area (TPSA) is 93.5 Å². The van der Waals surface area contributed by atoms with E-state index in [0.29, 0.717) is 24.4 Å². The molecule has 3 rings (SSSR count). The van der Waals surface area contributed by atoms with Gasteiger partial charge in [-0.3, -0.25) is 4.79 Å².